The molecule has 1 aliphatic rings. The van der Waals surface area contributed by atoms with Crippen molar-refractivity contribution in [2.45, 2.75) is 38.0 Å². The Hall–Kier alpha value is -2.38. The molecule has 0 spiro atoms. The molecule has 1 fully saturated rings. The summed E-state index contributed by atoms with van der Waals surface area (Å²) < 4.78 is 33.4. The van der Waals surface area contributed by atoms with Crippen molar-refractivity contribution in [1.82, 2.24) is 4.31 Å². The highest BCUT2D eigenvalue weighted by molar-refractivity contribution is 7.89. The first-order valence-corrected chi connectivity index (χ1v) is 11.0. The molecule has 150 valence electrons. The molecule has 0 atom stereocenters. The van der Waals surface area contributed by atoms with Gasteiger partial charge in [0.15, 0.2) is 5.75 Å². The van der Waals surface area contributed by atoms with Gasteiger partial charge in [0.25, 0.3) is 0 Å². The number of hydrogen-bond acceptors (Lipinski definition) is 4. The first kappa shape index (κ1) is 20.4. The molecule has 6 nitrogen and oxygen atoms in total. The maximum absolute atomic E-state index is 13.0. The van der Waals surface area contributed by atoms with Crippen molar-refractivity contribution >= 4 is 21.6 Å². The fourth-order valence-corrected chi connectivity index (χ4v) is 4.55. The zero-order chi connectivity index (χ0) is 20.1. The van der Waals surface area contributed by atoms with Crippen molar-refractivity contribution in [3.63, 3.8) is 0 Å². The molecule has 1 amide bonds. The molecule has 0 unspecified atom stereocenters. The van der Waals surface area contributed by atoms with Crippen LogP contribution in [0.5, 0.6) is 11.5 Å². The molecule has 0 bridgehead atoms. The van der Waals surface area contributed by atoms with E-state index in [2.05, 4.69) is 5.32 Å². The van der Waals surface area contributed by atoms with E-state index in [1.165, 1.54) is 16.4 Å². The standard InChI is InChI=1S/C21H26N2O4S/c1-16(2)21(24)22-19-15-18(28(25,26)23-13-7-4-8-14-23)11-12-20(19)27-17-9-5-3-6-10-17/h3,5-6,9-12,15-16H,4,7-8,13-14H2,1-2H3,(H,22,24). The summed E-state index contributed by atoms with van der Waals surface area (Å²) in [6.45, 7) is 4.61. The highest BCUT2D eigenvalue weighted by Gasteiger charge is 2.27. The molecular weight excluding hydrogens is 376 g/mol. The molecule has 1 N–H and O–H groups in total. The van der Waals surface area contributed by atoms with Gasteiger partial charge >= 0.3 is 0 Å². The lowest BCUT2D eigenvalue weighted by Crippen LogP contribution is -2.35. The summed E-state index contributed by atoms with van der Waals surface area (Å²) in [6.07, 6.45) is 2.78. The van der Waals surface area contributed by atoms with Crippen molar-refractivity contribution in [2.24, 2.45) is 5.92 Å². The van der Waals surface area contributed by atoms with Crippen LogP contribution in [0.2, 0.25) is 0 Å². The summed E-state index contributed by atoms with van der Waals surface area (Å²) in [6, 6.07) is 13.8. The maximum atomic E-state index is 13.0. The van der Waals surface area contributed by atoms with E-state index >= 15 is 0 Å². The second-order valence-corrected chi connectivity index (χ2v) is 9.12. The van der Waals surface area contributed by atoms with Gasteiger partial charge in [0.2, 0.25) is 15.9 Å². The van der Waals surface area contributed by atoms with E-state index in [-0.39, 0.29) is 16.7 Å². The SMILES string of the molecule is CC(C)C(=O)Nc1cc(S(=O)(=O)N2CCCCC2)ccc1Oc1ccccc1. The summed E-state index contributed by atoms with van der Waals surface area (Å²) in [7, 11) is -3.60. The van der Waals surface area contributed by atoms with Crippen molar-refractivity contribution in [3.8, 4) is 11.5 Å². The van der Waals surface area contributed by atoms with Crippen molar-refractivity contribution < 1.29 is 17.9 Å². The van der Waals surface area contributed by atoms with Gasteiger partial charge in [-0.25, -0.2) is 8.42 Å². The third-order valence-electron chi connectivity index (χ3n) is 4.66. The van der Waals surface area contributed by atoms with Gasteiger partial charge in [0.1, 0.15) is 5.75 Å². The molecule has 0 aliphatic carbocycles. The van der Waals surface area contributed by atoms with Crippen LogP contribution in [0.1, 0.15) is 33.1 Å². The molecule has 2 aromatic carbocycles. The number of amides is 1. The highest BCUT2D eigenvalue weighted by Crippen LogP contribution is 2.33. The van der Waals surface area contributed by atoms with E-state index in [0.717, 1.165) is 19.3 Å². The van der Waals surface area contributed by atoms with Gasteiger partial charge in [-0.3, -0.25) is 4.79 Å². The largest absolute Gasteiger partial charge is 0.455 e. The Balaban J connectivity index is 1.95. The van der Waals surface area contributed by atoms with Crippen LogP contribution in [-0.4, -0.2) is 31.7 Å². The second kappa shape index (κ2) is 8.75. The minimum absolute atomic E-state index is 0.161. The zero-order valence-corrected chi connectivity index (χ0v) is 17.0. The fraction of sp³-hybridized carbons (Fsp3) is 0.381. The molecular formula is C21H26N2O4S. The van der Waals surface area contributed by atoms with Gasteiger partial charge in [0, 0.05) is 19.0 Å². The maximum Gasteiger partial charge on any atom is 0.243 e. The smallest absolute Gasteiger partial charge is 0.243 e. The number of nitrogens with zero attached hydrogens (tertiary/aromatic N) is 1. The summed E-state index contributed by atoms with van der Waals surface area (Å²) in [5.74, 6) is 0.560. The monoisotopic (exact) mass is 402 g/mol. The summed E-state index contributed by atoms with van der Waals surface area (Å²) in [5, 5.41) is 2.80. The third kappa shape index (κ3) is 4.72. The molecule has 7 heteroatoms. The van der Waals surface area contributed by atoms with Crippen LogP contribution in [0.3, 0.4) is 0 Å². The Kier molecular flexibility index (Phi) is 6.36. The number of sulfonamides is 1. The van der Waals surface area contributed by atoms with Gasteiger partial charge in [-0.2, -0.15) is 4.31 Å². The molecule has 2 aromatic rings. The van der Waals surface area contributed by atoms with E-state index in [0.29, 0.717) is 30.3 Å². The van der Waals surface area contributed by atoms with Crippen LogP contribution < -0.4 is 10.1 Å². The Morgan fingerprint density at radius 2 is 1.71 bits per heavy atom. The lowest BCUT2D eigenvalue weighted by atomic mass is 10.2. The minimum Gasteiger partial charge on any atom is -0.455 e. The van der Waals surface area contributed by atoms with Gasteiger partial charge in [-0.1, -0.05) is 38.5 Å². The average Bonchev–Trinajstić information content (AvgIpc) is 2.70. The zero-order valence-electron chi connectivity index (χ0n) is 16.2. The number of benzene rings is 2. The second-order valence-electron chi connectivity index (χ2n) is 7.18. The van der Waals surface area contributed by atoms with Gasteiger partial charge in [-0.15, -0.1) is 0 Å². The lowest BCUT2D eigenvalue weighted by Gasteiger charge is -2.26. The van der Waals surface area contributed by atoms with Gasteiger partial charge < -0.3 is 10.1 Å². The Morgan fingerprint density at radius 3 is 2.36 bits per heavy atom. The van der Waals surface area contributed by atoms with E-state index in [1.807, 2.05) is 18.2 Å². The van der Waals surface area contributed by atoms with Crippen LogP contribution >= 0.6 is 0 Å². The fourth-order valence-electron chi connectivity index (χ4n) is 3.00. The number of ether oxygens (including phenoxy) is 1. The number of nitrogens with one attached hydrogen (secondary N) is 1. The van der Waals surface area contributed by atoms with Crippen LogP contribution in [0.25, 0.3) is 0 Å². The topological polar surface area (TPSA) is 75.7 Å². The average molecular weight is 403 g/mol. The number of rotatable bonds is 6. The first-order valence-electron chi connectivity index (χ1n) is 9.56. The molecule has 0 saturated carbocycles. The van der Waals surface area contributed by atoms with E-state index in [9.17, 15) is 13.2 Å². The third-order valence-corrected chi connectivity index (χ3v) is 6.55. The van der Waals surface area contributed by atoms with Crippen LogP contribution in [0.15, 0.2) is 53.4 Å². The van der Waals surface area contributed by atoms with Crippen LogP contribution in [-0.2, 0) is 14.8 Å². The summed E-state index contributed by atoms with van der Waals surface area (Å²) >= 11 is 0. The Morgan fingerprint density at radius 1 is 1.04 bits per heavy atom. The van der Waals surface area contributed by atoms with Gasteiger partial charge in [-0.05, 0) is 43.2 Å². The molecule has 0 aromatic heterocycles. The minimum atomic E-state index is -3.60. The number of para-hydroxylation sites is 1. The molecule has 28 heavy (non-hydrogen) atoms. The van der Waals surface area contributed by atoms with E-state index in [1.54, 1.807) is 32.0 Å². The quantitative estimate of drug-likeness (QED) is 0.784. The molecule has 1 heterocycles. The predicted molar refractivity (Wildman–Crippen MR) is 109 cm³/mol. The number of hydrogen-bond donors (Lipinski definition) is 1. The molecule has 1 aliphatic heterocycles. The lowest BCUT2D eigenvalue weighted by molar-refractivity contribution is -0.118. The van der Waals surface area contributed by atoms with E-state index in [4.69, 9.17) is 4.74 Å². The van der Waals surface area contributed by atoms with Crippen molar-refractivity contribution in [3.05, 3.63) is 48.5 Å². The molecule has 1 saturated heterocycles. The Bertz CT molecular complexity index is 921. The van der Waals surface area contributed by atoms with Crippen LogP contribution in [0.4, 0.5) is 5.69 Å². The number of carbonyl (C=O) groups is 1. The van der Waals surface area contributed by atoms with E-state index < -0.39 is 10.0 Å². The number of carbonyl (C=O) groups excluding carboxylic acids is 1. The van der Waals surface area contributed by atoms with Crippen molar-refractivity contribution in [2.75, 3.05) is 18.4 Å². The Labute approximate surface area is 166 Å². The van der Waals surface area contributed by atoms with Crippen LogP contribution in [0, 0.1) is 5.92 Å². The number of anilines is 1. The molecule has 0 radical (unpaired) electrons. The highest BCUT2D eigenvalue weighted by atomic mass is 32.2. The first-order chi connectivity index (χ1) is 13.4. The summed E-state index contributed by atoms with van der Waals surface area (Å²) in [4.78, 5) is 12.4. The molecule has 3 rings (SSSR count). The van der Waals surface area contributed by atoms with Crippen molar-refractivity contribution in [1.29, 1.82) is 0 Å². The number of piperidine rings is 1. The predicted octanol–water partition coefficient (Wildman–Crippen LogP) is 4.25. The normalized spacial score (nSPS) is 15.4. The van der Waals surface area contributed by atoms with Gasteiger partial charge in [0.05, 0.1) is 10.6 Å². The summed E-state index contributed by atoms with van der Waals surface area (Å²) in [5.41, 5.74) is 0.348.